The summed E-state index contributed by atoms with van der Waals surface area (Å²) >= 11 is 11.5. The zero-order chi connectivity index (χ0) is 12.3. The fraction of sp³-hybridized carbons (Fsp3) is 0. The van der Waals surface area contributed by atoms with Gasteiger partial charge in [-0.3, -0.25) is 0 Å². The van der Waals surface area contributed by atoms with Gasteiger partial charge in [-0.1, -0.05) is 23.2 Å². The lowest BCUT2D eigenvalue weighted by molar-refractivity contribution is 0.480. The molecule has 0 atom stereocenters. The molecule has 0 amide bonds. The smallest absolute Gasteiger partial charge is 0.150 e. The number of nitrogens with zero attached hydrogens (tertiary/aromatic N) is 2. The molecule has 2 rings (SSSR count). The minimum absolute atomic E-state index is 0.124. The summed E-state index contributed by atoms with van der Waals surface area (Å²) in [5.74, 6) is 0.947. The van der Waals surface area contributed by atoms with Gasteiger partial charge in [0.15, 0.2) is 5.15 Å². The van der Waals surface area contributed by atoms with E-state index in [1.807, 2.05) is 6.07 Å². The van der Waals surface area contributed by atoms with Crippen LogP contribution in [0.4, 0.5) is 0 Å². The highest BCUT2D eigenvalue weighted by Crippen LogP contribution is 2.28. The van der Waals surface area contributed by atoms with E-state index in [1.165, 1.54) is 6.20 Å². The van der Waals surface area contributed by atoms with E-state index >= 15 is 0 Å². The van der Waals surface area contributed by atoms with Crippen molar-refractivity contribution in [1.29, 1.82) is 5.26 Å². The van der Waals surface area contributed by atoms with Gasteiger partial charge in [0.1, 0.15) is 23.1 Å². The second-order valence-corrected chi connectivity index (χ2v) is 3.94. The van der Waals surface area contributed by atoms with Crippen LogP contribution in [0.5, 0.6) is 11.5 Å². The average Bonchev–Trinajstić information content (AvgIpc) is 2.32. The summed E-state index contributed by atoms with van der Waals surface area (Å²) in [4.78, 5) is 3.81. The molecule has 0 spiro atoms. The van der Waals surface area contributed by atoms with E-state index in [-0.39, 0.29) is 10.7 Å². The Morgan fingerprint density at radius 1 is 1.12 bits per heavy atom. The molecule has 1 aromatic carbocycles. The van der Waals surface area contributed by atoms with Crippen molar-refractivity contribution in [3.63, 3.8) is 0 Å². The van der Waals surface area contributed by atoms with Gasteiger partial charge in [0.25, 0.3) is 0 Å². The summed E-state index contributed by atoms with van der Waals surface area (Å²) in [5.41, 5.74) is 0.212. The van der Waals surface area contributed by atoms with Crippen LogP contribution in [-0.2, 0) is 0 Å². The van der Waals surface area contributed by atoms with Crippen molar-refractivity contribution in [2.75, 3.05) is 0 Å². The van der Waals surface area contributed by atoms with Crippen molar-refractivity contribution in [2.45, 2.75) is 0 Å². The van der Waals surface area contributed by atoms with E-state index in [2.05, 4.69) is 4.98 Å². The predicted octanol–water partition coefficient (Wildman–Crippen LogP) is 4.05. The van der Waals surface area contributed by atoms with Crippen LogP contribution in [0.1, 0.15) is 5.56 Å². The van der Waals surface area contributed by atoms with E-state index in [4.69, 9.17) is 33.2 Å². The molecule has 0 aliphatic heterocycles. The lowest BCUT2D eigenvalue weighted by Gasteiger charge is -2.07. The summed E-state index contributed by atoms with van der Waals surface area (Å²) < 4.78 is 5.53. The number of aromatic nitrogens is 1. The first-order valence-electron chi connectivity index (χ1n) is 4.69. The van der Waals surface area contributed by atoms with Crippen LogP contribution < -0.4 is 4.74 Å². The summed E-state index contributed by atoms with van der Waals surface area (Å²) in [6, 6.07) is 10.3. The largest absolute Gasteiger partial charge is 0.456 e. The molecule has 0 bridgehead atoms. The van der Waals surface area contributed by atoms with Gasteiger partial charge in [-0.05, 0) is 24.3 Å². The number of hydrogen-bond donors (Lipinski definition) is 0. The molecule has 5 heteroatoms. The lowest BCUT2D eigenvalue weighted by atomic mass is 10.3. The van der Waals surface area contributed by atoms with Gasteiger partial charge in [-0.2, -0.15) is 5.26 Å². The predicted molar refractivity (Wildman–Crippen MR) is 65.5 cm³/mol. The molecular weight excluding hydrogens is 259 g/mol. The summed E-state index contributed by atoms with van der Waals surface area (Å²) in [7, 11) is 0. The van der Waals surface area contributed by atoms with E-state index in [1.54, 1.807) is 30.3 Å². The molecule has 0 N–H and O–H groups in total. The Kier molecular flexibility index (Phi) is 3.48. The molecule has 1 aromatic heterocycles. The Morgan fingerprint density at radius 2 is 1.82 bits per heavy atom. The fourth-order valence-corrected chi connectivity index (χ4v) is 1.55. The van der Waals surface area contributed by atoms with Crippen LogP contribution in [0.3, 0.4) is 0 Å². The van der Waals surface area contributed by atoms with Gasteiger partial charge in [0.05, 0.1) is 0 Å². The van der Waals surface area contributed by atoms with Crippen LogP contribution in [0, 0.1) is 11.3 Å². The van der Waals surface area contributed by atoms with Crippen molar-refractivity contribution in [3.05, 3.63) is 52.3 Å². The Bertz CT molecular complexity index is 576. The van der Waals surface area contributed by atoms with Crippen LogP contribution in [0.25, 0.3) is 0 Å². The minimum Gasteiger partial charge on any atom is -0.456 e. The maximum absolute atomic E-state index is 8.95. The first-order valence-corrected chi connectivity index (χ1v) is 5.44. The fourth-order valence-electron chi connectivity index (χ4n) is 1.24. The van der Waals surface area contributed by atoms with Gasteiger partial charge < -0.3 is 4.74 Å². The Balaban J connectivity index is 2.34. The number of benzene rings is 1. The van der Waals surface area contributed by atoms with Crippen LogP contribution in [-0.4, -0.2) is 4.98 Å². The van der Waals surface area contributed by atoms with Crippen molar-refractivity contribution < 1.29 is 4.74 Å². The second-order valence-electron chi connectivity index (χ2n) is 3.14. The molecule has 17 heavy (non-hydrogen) atoms. The standard InChI is InChI=1S/C12H6Cl2N2O/c13-8-1-3-9(4-2-8)17-11-5-6-16-12(14)10(11)7-15/h1-6H. The average molecular weight is 265 g/mol. The molecule has 0 unspecified atom stereocenters. The number of ether oxygens (including phenoxy) is 1. The Hall–Kier alpha value is -1.76. The molecule has 0 saturated heterocycles. The van der Waals surface area contributed by atoms with E-state index in [9.17, 15) is 0 Å². The maximum atomic E-state index is 8.95. The van der Waals surface area contributed by atoms with E-state index < -0.39 is 0 Å². The summed E-state index contributed by atoms with van der Waals surface area (Å²) in [6.45, 7) is 0. The van der Waals surface area contributed by atoms with Gasteiger partial charge in [0.2, 0.25) is 0 Å². The summed E-state index contributed by atoms with van der Waals surface area (Å²) in [6.07, 6.45) is 1.48. The third-order valence-electron chi connectivity index (χ3n) is 2.02. The van der Waals surface area contributed by atoms with Crippen molar-refractivity contribution in [1.82, 2.24) is 4.98 Å². The molecule has 0 saturated carbocycles. The second kappa shape index (κ2) is 5.05. The van der Waals surface area contributed by atoms with Crippen molar-refractivity contribution in [2.24, 2.45) is 0 Å². The monoisotopic (exact) mass is 264 g/mol. The van der Waals surface area contributed by atoms with Crippen LogP contribution >= 0.6 is 23.2 Å². The highest BCUT2D eigenvalue weighted by Gasteiger charge is 2.09. The molecule has 0 aliphatic carbocycles. The Morgan fingerprint density at radius 3 is 2.47 bits per heavy atom. The highest BCUT2D eigenvalue weighted by molar-refractivity contribution is 6.31. The number of nitriles is 1. The molecular formula is C12H6Cl2N2O. The number of hydrogen-bond acceptors (Lipinski definition) is 3. The molecule has 0 aliphatic rings. The van der Waals surface area contributed by atoms with Crippen molar-refractivity contribution in [3.8, 4) is 17.6 Å². The molecule has 2 aromatic rings. The zero-order valence-electron chi connectivity index (χ0n) is 8.52. The number of rotatable bonds is 2. The molecule has 84 valence electrons. The first kappa shape index (κ1) is 11.7. The van der Waals surface area contributed by atoms with Gasteiger partial charge >= 0.3 is 0 Å². The van der Waals surface area contributed by atoms with Crippen molar-refractivity contribution >= 4 is 23.2 Å². The van der Waals surface area contributed by atoms with Crippen LogP contribution in [0.15, 0.2) is 36.5 Å². The van der Waals surface area contributed by atoms with Crippen LogP contribution in [0.2, 0.25) is 10.2 Å². The maximum Gasteiger partial charge on any atom is 0.150 e. The third kappa shape index (κ3) is 2.68. The SMILES string of the molecule is N#Cc1c(Oc2ccc(Cl)cc2)ccnc1Cl. The lowest BCUT2D eigenvalue weighted by Crippen LogP contribution is -1.90. The van der Waals surface area contributed by atoms with Gasteiger partial charge in [-0.25, -0.2) is 4.98 Å². The quantitative estimate of drug-likeness (QED) is 0.769. The molecule has 0 fully saturated rings. The van der Waals surface area contributed by atoms with Gasteiger partial charge in [-0.15, -0.1) is 0 Å². The first-order chi connectivity index (χ1) is 8.20. The molecule has 0 radical (unpaired) electrons. The normalized spacial score (nSPS) is 9.71. The van der Waals surface area contributed by atoms with E-state index in [0.29, 0.717) is 16.5 Å². The van der Waals surface area contributed by atoms with Gasteiger partial charge in [0, 0.05) is 17.3 Å². The highest BCUT2D eigenvalue weighted by atomic mass is 35.5. The number of halogens is 2. The zero-order valence-corrected chi connectivity index (χ0v) is 10.0. The molecule has 3 nitrogen and oxygen atoms in total. The third-order valence-corrected chi connectivity index (χ3v) is 2.56. The topological polar surface area (TPSA) is 45.9 Å². The number of pyridine rings is 1. The van der Waals surface area contributed by atoms with E-state index in [0.717, 1.165) is 0 Å². The molecule has 1 heterocycles. The Labute approximate surface area is 108 Å². The summed E-state index contributed by atoms with van der Waals surface area (Å²) in [5, 5.41) is 9.69. The minimum atomic E-state index is 0.124.